The number of likely N-dealkylation sites (N-methyl/N-ethyl adjacent to an activating group) is 1. The molecule has 0 bridgehead atoms. The van der Waals surface area contributed by atoms with E-state index in [2.05, 4.69) is 10.3 Å². The van der Waals surface area contributed by atoms with Crippen LogP contribution in [0.5, 0.6) is 0 Å². The van der Waals surface area contributed by atoms with Gasteiger partial charge in [-0.3, -0.25) is 19.3 Å². The molecule has 1 aliphatic carbocycles. The molecule has 0 unspecified atom stereocenters. The molecule has 1 heterocycles. The summed E-state index contributed by atoms with van der Waals surface area (Å²) in [5, 5.41) is 12.7. The molecule has 3 rings (SSSR count). The second kappa shape index (κ2) is 7.06. The molecular weight excluding hydrogens is 322 g/mol. The van der Waals surface area contributed by atoms with Gasteiger partial charge in [-0.1, -0.05) is 19.1 Å². The van der Waals surface area contributed by atoms with Gasteiger partial charge in [-0.2, -0.15) is 0 Å². The molecule has 132 valence electrons. The summed E-state index contributed by atoms with van der Waals surface area (Å²) < 4.78 is 0. The maximum atomic E-state index is 12.6. The van der Waals surface area contributed by atoms with Crippen LogP contribution in [0.1, 0.15) is 30.1 Å². The number of para-hydroxylation sites is 1. The minimum absolute atomic E-state index is 0.0195. The summed E-state index contributed by atoms with van der Waals surface area (Å²) in [6, 6.07) is 8.63. The van der Waals surface area contributed by atoms with E-state index < -0.39 is 5.97 Å². The number of aromatic nitrogens is 1. The first-order chi connectivity index (χ1) is 12.0. The van der Waals surface area contributed by atoms with Gasteiger partial charge in [-0.05, 0) is 36.9 Å². The first kappa shape index (κ1) is 17.2. The number of aliphatic carboxylic acids is 1. The third-order valence-corrected chi connectivity index (χ3v) is 4.71. The number of carbonyl (C=O) groups excluding carboxylic acids is 1. The van der Waals surface area contributed by atoms with Gasteiger partial charge in [-0.15, -0.1) is 0 Å². The predicted molar refractivity (Wildman–Crippen MR) is 93.7 cm³/mol. The summed E-state index contributed by atoms with van der Waals surface area (Å²) in [6.07, 6.45) is 1.46. The van der Waals surface area contributed by atoms with Crippen LogP contribution < -0.4 is 10.9 Å². The minimum atomic E-state index is -0.839. The lowest BCUT2D eigenvalue weighted by Crippen LogP contribution is -2.54. The number of benzene rings is 1. The van der Waals surface area contributed by atoms with Crippen LogP contribution in [-0.4, -0.2) is 52.0 Å². The largest absolute Gasteiger partial charge is 0.480 e. The van der Waals surface area contributed by atoms with Crippen molar-refractivity contribution in [3.05, 3.63) is 46.2 Å². The summed E-state index contributed by atoms with van der Waals surface area (Å²) in [4.78, 5) is 39.6. The minimum Gasteiger partial charge on any atom is -0.480 e. The zero-order chi connectivity index (χ0) is 18.0. The Kier molecular flexibility index (Phi) is 4.85. The topological polar surface area (TPSA) is 102 Å². The Bertz CT molecular complexity index is 855. The number of amides is 1. The fourth-order valence-corrected chi connectivity index (χ4v) is 3.31. The second-order valence-electron chi connectivity index (χ2n) is 6.34. The van der Waals surface area contributed by atoms with Crippen molar-refractivity contribution in [3.63, 3.8) is 0 Å². The van der Waals surface area contributed by atoms with Crippen molar-refractivity contribution >= 4 is 22.8 Å². The number of fused-ring (bicyclic) bond motifs is 1. The molecule has 3 N–H and O–H groups in total. The van der Waals surface area contributed by atoms with Crippen LogP contribution in [0.15, 0.2) is 35.1 Å². The average Bonchev–Trinajstić information content (AvgIpc) is 2.54. The van der Waals surface area contributed by atoms with Gasteiger partial charge < -0.3 is 15.4 Å². The van der Waals surface area contributed by atoms with Crippen LogP contribution in [0.3, 0.4) is 0 Å². The highest BCUT2D eigenvalue weighted by Gasteiger charge is 2.34. The number of hydrogen-bond acceptors (Lipinski definition) is 4. The predicted octanol–water partition coefficient (Wildman–Crippen LogP) is 1.20. The van der Waals surface area contributed by atoms with Crippen molar-refractivity contribution in [2.45, 2.75) is 31.8 Å². The van der Waals surface area contributed by atoms with Crippen molar-refractivity contribution in [1.29, 1.82) is 0 Å². The summed E-state index contributed by atoms with van der Waals surface area (Å²) >= 11 is 0. The first-order valence-corrected chi connectivity index (χ1v) is 8.36. The van der Waals surface area contributed by atoms with Crippen molar-refractivity contribution in [1.82, 2.24) is 15.2 Å². The molecule has 1 aromatic heterocycles. The van der Waals surface area contributed by atoms with Crippen LogP contribution in [0, 0.1) is 0 Å². The molecule has 1 saturated carbocycles. The van der Waals surface area contributed by atoms with Crippen LogP contribution in [-0.2, 0) is 4.79 Å². The van der Waals surface area contributed by atoms with Crippen molar-refractivity contribution in [2.24, 2.45) is 0 Å². The number of aromatic amines is 1. The van der Waals surface area contributed by atoms with E-state index in [0.29, 0.717) is 17.6 Å². The molecule has 7 heteroatoms. The molecule has 1 amide bonds. The van der Waals surface area contributed by atoms with Gasteiger partial charge in [0.2, 0.25) is 5.56 Å². The molecule has 0 aliphatic heterocycles. The number of nitrogens with zero attached hydrogens (tertiary/aromatic N) is 1. The average molecular weight is 343 g/mol. The van der Waals surface area contributed by atoms with Crippen molar-refractivity contribution in [2.75, 3.05) is 13.1 Å². The van der Waals surface area contributed by atoms with Crippen LogP contribution in [0.2, 0.25) is 0 Å². The SMILES string of the molecule is CCN(CC(=O)O)C1CC(NC(=O)c2cccc3ccc(=O)[nH]c23)C1. The van der Waals surface area contributed by atoms with Gasteiger partial charge in [0, 0.05) is 18.2 Å². The van der Waals surface area contributed by atoms with Gasteiger partial charge in [0.15, 0.2) is 0 Å². The molecule has 0 spiro atoms. The monoisotopic (exact) mass is 343 g/mol. The summed E-state index contributed by atoms with van der Waals surface area (Å²) in [5.41, 5.74) is 0.727. The Morgan fingerprint density at radius 1 is 1.28 bits per heavy atom. The van der Waals surface area contributed by atoms with Gasteiger partial charge in [0.05, 0.1) is 17.6 Å². The van der Waals surface area contributed by atoms with Gasteiger partial charge in [0.25, 0.3) is 5.91 Å². The van der Waals surface area contributed by atoms with Gasteiger partial charge in [0.1, 0.15) is 0 Å². The number of nitrogens with one attached hydrogen (secondary N) is 2. The third-order valence-electron chi connectivity index (χ3n) is 4.71. The number of carboxylic acid groups (broad SMARTS) is 1. The van der Waals surface area contributed by atoms with E-state index >= 15 is 0 Å². The number of carboxylic acids is 1. The highest BCUT2D eigenvalue weighted by atomic mass is 16.4. The Hall–Kier alpha value is -2.67. The zero-order valence-corrected chi connectivity index (χ0v) is 14.0. The maximum Gasteiger partial charge on any atom is 0.317 e. The Morgan fingerprint density at radius 3 is 2.72 bits per heavy atom. The van der Waals surface area contributed by atoms with E-state index in [9.17, 15) is 14.4 Å². The van der Waals surface area contributed by atoms with Gasteiger partial charge in [-0.25, -0.2) is 0 Å². The standard InChI is InChI=1S/C18H21N3O4/c1-2-21(10-16(23)24)13-8-12(9-13)19-18(25)14-5-3-4-11-6-7-15(22)20-17(11)14/h3-7,12-13H,2,8-10H2,1H3,(H,19,25)(H,20,22)(H,23,24). The fraction of sp³-hybridized carbons (Fsp3) is 0.389. The number of H-pyrrole nitrogens is 1. The zero-order valence-electron chi connectivity index (χ0n) is 14.0. The van der Waals surface area contributed by atoms with Crippen molar-refractivity contribution < 1.29 is 14.7 Å². The molecule has 1 fully saturated rings. The van der Waals surface area contributed by atoms with Crippen LogP contribution >= 0.6 is 0 Å². The Labute approximate surface area is 144 Å². The van der Waals surface area contributed by atoms with E-state index in [0.717, 1.165) is 18.2 Å². The molecule has 1 aliphatic rings. The lowest BCUT2D eigenvalue weighted by atomic mass is 9.85. The van der Waals surface area contributed by atoms with E-state index in [4.69, 9.17) is 5.11 Å². The van der Waals surface area contributed by atoms with Crippen molar-refractivity contribution in [3.8, 4) is 0 Å². The van der Waals surface area contributed by atoms with E-state index in [1.165, 1.54) is 6.07 Å². The molecule has 25 heavy (non-hydrogen) atoms. The molecule has 1 aromatic carbocycles. The first-order valence-electron chi connectivity index (χ1n) is 8.36. The summed E-state index contributed by atoms with van der Waals surface area (Å²) in [6.45, 7) is 2.62. The molecule has 0 saturated heterocycles. The molecule has 0 atom stereocenters. The summed E-state index contributed by atoms with van der Waals surface area (Å²) in [5.74, 6) is -1.06. The van der Waals surface area contributed by atoms with E-state index in [1.54, 1.807) is 18.2 Å². The Morgan fingerprint density at radius 2 is 2.04 bits per heavy atom. The fourth-order valence-electron chi connectivity index (χ4n) is 3.31. The molecule has 2 aromatic rings. The van der Waals surface area contributed by atoms with Crippen LogP contribution in [0.4, 0.5) is 0 Å². The van der Waals surface area contributed by atoms with Gasteiger partial charge >= 0.3 is 5.97 Å². The lowest BCUT2D eigenvalue weighted by Gasteiger charge is -2.42. The van der Waals surface area contributed by atoms with E-state index in [1.807, 2.05) is 17.9 Å². The molecular formula is C18H21N3O4. The smallest absolute Gasteiger partial charge is 0.317 e. The normalized spacial score (nSPS) is 19.6. The highest BCUT2D eigenvalue weighted by molar-refractivity contribution is 6.05. The quantitative estimate of drug-likeness (QED) is 0.731. The number of carbonyl (C=O) groups is 2. The lowest BCUT2D eigenvalue weighted by molar-refractivity contribution is -0.139. The number of hydrogen-bond donors (Lipinski definition) is 3. The van der Waals surface area contributed by atoms with Crippen LogP contribution in [0.25, 0.3) is 10.9 Å². The Balaban J connectivity index is 1.66. The third kappa shape index (κ3) is 3.71. The maximum absolute atomic E-state index is 12.6. The number of rotatable bonds is 6. The van der Waals surface area contributed by atoms with E-state index in [-0.39, 0.29) is 30.1 Å². The number of pyridine rings is 1. The molecule has 7 nitrogen and oxygen atoms in total. The second-order valence-corrected chi connectivity index (χ2v) is 6.34. The highest BCUT2D eigenvalue weighted by Crippen LogP contribution is 2.26. The molecule has 0 radical (unpaired) electrons. The summed E-state index contributed by atoms with van der Waals surface area (Å²) in [7, 11) is 0.